The number of hydrogen-bond acceptors (Lipinski definition) is 11. The fourth-order valence-electron chi connectivity index (χ4n) is 3.34. The van der Waals surface area contributed by atoms with Crippen LogP contribution >= 0.6 is 0 Å². The molecule has 0 amide bonds. The fourth-order valence-corrected chi connectivity index (χ4v) is 3.34. The van der Waals surface area contributed by atoms with Crippen molar-refractivity contribution in [3.05, 3.63) is 53.6 Å². The molecule has 2 aromatic rings. The third-order valence-corrected chi connectivity index (χ3v) is 5.20. The number of ether oxygens (including phenoxy) is 3. The summed E-state index contributed by atoms with van der Waals surface area (Å²) in [5.74, 6) is -2.15. The molecule has 0 saturated carbocycles. The number of aliphatic hydroxyl groups excluding tert-OH is 3. The SMILES string of the molecule is O=C(/C=C/c1ccc(O)c(O)c1)O[C@H]1[C@H](O)[C@@H](O)[C@H](OCCc2ccc(O)c(O)c2)O[C@@H]1CO. The summed E-state index contributed by atoms with van der Waals surface area (Å²) in [6, 6.07) is 8.15. The molecule has 1 aliphatic heterocycles. The largest absolute Gasteiger partial charge is 0.504 e. The second-order valence-electron chi connectivity index (χ2n) is 7.63. The van der Waals surface area contributed by atoms with Crippen LogP contribution in [-0.4, -0.2) is 85.6 Å². The Morgan fingerprint density at radius 2 is 1.62 bits per heavy atom. The summed E-state index contributed by atoms with van der Waals surface area (Å²) in [6.45, 7) is -0.619. The molecule has 2 aromatic carbocycles. The number of esters is 1. The van der Waals surface area contributed by atoms with Gasteiger partial charge in [-0.25, -0.2) is 4.79 Å². The van der Waals surface area contributed by atoms with Crippen LogP contribution in [0.1, 0.15) is 11.1 Å². The van der Waals surface area contributed by atoms with E-state index in [4.69, 9.17) is 14.2 Å². The van der Waals surface area contributed by atoms with E-state index < -0.39 is 43.3 Å². The molecule has 0 spiro atoms. The van der Waals surface area contributed by atoms with Gasteiger partial charge in [0.2, 0.25) is 0 Å². The predicted molar refractivity (Wildman–Crippen MR) is 116 cm³/mol. The lowest BCUT2D eigenvalue weighted by Gasteiger charge is -2.41. The van der Waals surface area contributed by atoms with Crippen LogP contribution in [0.15, 0.2) is 42.5 Å². The third-order valence-electron chi connectivity index (χ3n) is 5.20. The van der Waals surface area contributed by atoms with Crippen LogP contribution in [0.3, 0.4) is 0 Å². The number of rotatable bonds is 8. The molecule has 0 unspecified atom stereocenters. The number of carbonyl (C=O) groups is 1. The van der Waals surface area contributed by atoms with Gasteiger partial charge >= 0.3 is 5.97 Å². The van der Waals surface area contributed by atoms with E-state index in [0.717, 1.165) is 6.08 Å². The van der Waals surface area contributed by atoms with Gasteiger partial charge in [-0.2, -0.15) is 0 Å². The lowest BCUT2D eigenvalue weighted by atomic mass is 9.99. The summed E-state index contributed by atoms with van der Waals surface area (Å²) < 4.78 is 16.1. The van der Waals surface area contributed by atoms with Crippen molar-refractivity contribution in [3.8, 4) is 23.0 Å². The zero-order valence-corrected chi connectivity index (χ0v) is 17.9. The van der Waals surface area contributed by atoms with Gasteiger partial charge in [0.1, 0.15) is 18.3 Å². The first-order valence-electron chi connectivity index (χ1n) is 10.3. The minimum absolute atomic E-state index is 0.0173. The molecular formula is C23H26O11. The minimum atomic E-state index is -1.62. The third kappa shape index (κ3) is 6.16. The summed E-state index contributed by atoms with van der Waals surface area (Å²) in [5, 5.41) is 68.1. The highest BCUT2D eigenvalue weighted by atomic mass is 16.7. The normalized spacial score (nSPS) is 24.9. The van der Waals surface area contributed by atoms with E-state index in [1.807, 2.05) is 0 Å². The lowest BCUT2D eigenvalue weighted by molar-refractivity contribution is -0.302. The molecular weight excluding hydrogens is 452 g/mol. The van der Waals surface area contributed by atoms with Gasteiger partial charge in [0, 0.05) is 6.08 Å². The van der Waals surface area contributed by atoms with Gasteiger partial charge in [0.05, 0.1) is 13.2 Å². The molecule has 3 rings (SSSR count). The molecule has 1 aliphatic rings. The van der Waals surface area contributed by atoms with Crippen LogP contribution in [-0.2, 0) is 25.4 Å². The Morgan fingerprint density at radius 1 is 0.941 bits per heavy atom. The summed E-state index contributed by atoms with van der Waals surface area (Å²) in [4.78, 5) is 12.2. The van der Waals surface area contributed by atoms with Crippen molar-refractivity contribution in [3.63, 3.8) is 0 Å². The number of hydrogen-bond donors (Lipinski definition) is 7. The van der Waals surface area contributed by atoms with Crippen molar-refractivity contribution < 1.29 is 54.8 Å². The highest BCUT2D eigenvalue weighted by Gasteiger charge is 2.46. The van der Waals surface area contributed by atoms with E-state index in [9.17, 15) is 40.5 Å². The van der Waals surface area contributed by atoms with E-state index in [1.54, 1.807) is 6.07 Å². The second-order valence-corrected chi connectivity index (χ2v) is 7.63. The average Bonchev–Trinajstić information content (AvgIpc) is 2.81. The van der Waals surface area contributed by atoms with E-state index in [0.29, 0.717) is 11.1 Å². The van der Waals surface area contributed by atoms with Crippen molar-refractivity contribution >= 4 is 12.0 Å². The molecule has 11 heteroatoms. The van der Waals surface area contributed by atoms with Crippen molar-refractivity contribution in [2.75, 3.05) is 13.2 Å². The number of carbonyl (C=O) groups excluding carboxylic acids is 1. The van der Waals surface area contributed by atoms with Crippen LogP contribution in [0.5, 0.6) is 23.0 Å². The Labute approximate surface area is 194 Å². The number of aliphatic hydroxyl groups is 3. The molecule has 5 atom stereocenters. The smallest absolute Gasteiger partial charge is 0.331 e. The second kappa shape index (κ2) is 11.2. The highest BCUT2D eigenvalue weighted by molar-refractivity contribution is 5.87. The fraction of sp³-hybridized carbons (Fsp3) is 0.348. The molecule has 1 heterocycles. The number of phenols is 4. The van der Waals surface area contributed by atoms with E-state index >= 15 is 0 Å². The minimum Gasteiger partial charge on any atom is -0.504 e. The van der Waals surface area contributed by atoms with Gasteiger partial charge in [-0.15, -0.1) is 0 Å². The van der Waals surface area contributed by atoms with Gasteiger partial charge < -0.3 is 50.0 Å². The first-order valence-corrected chi connectivity index (χ1v) is 10.3. The van der Waals surface area contributed by atoms with Crippen molar-refractivity contribution in [2.24, 2.45) is 0 Å². The summed E-state index contributed by atoms with van der Waals surface area (Å²) in [6.07, 6.45) is -4.50. The predicted octanol–water partition coefficient (Wildman–Crippen LogP) is 0.132. The summed E-state index contributed by atoms with van der Waals surface area (Å²) >= 11 is 0. The molecule has 0 aliphatic carbocycles. The Bertz CT molecular complexity index is 1020. The summed E-state index contributed by atoms with van der Waals surface area (Å²) in [5.41, 5.74) is 1.03. The van der Waals surface area contributed by atoms with Gasteiger partial charge in [0.15, 0.2) is 35.4 Å². The zero-order chi connectivity index (χ0) is 24.8. The Hall–Kier alpha value is -3.35. The Kier molecular flexibility index (Phi) is 8.31. The van der Waals surface area contributed by atoms with Crippen molar-refractivity contribution in [2.45, 2.75) is 37.1 Å². The zero-order valence-electron chi connectivity index (χ0n) is 17.9. The van der Waals surface area contributed by atoms with E-state index in [1.165, 1.54) is 36.4 Å². The van der Waals surface area contributed by atoms with Crippen molar-refractivity contribution in [1.82, 2.24) is 0 Å². The molecule has 7 N–H and O–H groups in total. The van der Waals surface area contributed by atoms with Crippen LogP contribution in [0, 0.1) is 0 Å². The first kappa shape index (κ1) is 25.3. The first-order chi connectivity index (χ1) is 16.2. The van der Waals surface area contributed by atoms with E-state index in [2.05, 4.69) is 0 Å². The van der Waals surface area contributed by atoms with Gasteiger partial charge in [-0.05, 0) is 47.9 Å². The maximum absolute atomic E-state index is 12.2. The molecule has 184 valence electrons. The quantitative estimate of drug-likeness (QED) is 0.155. The average molecular weight is 478 g/mol. The topological polar surface area (TPSA) is 186 Å². The van der Waals surface area contributed by atoms with Crippen LogP contribution in [0.4, 0.5) is 0 Å². The molecule has 0 bridgehead atoms. The lowest BCUT2D eigenvalue weighted by Crippen LogP contribution is -2.60. The maximum atomic E-state index is 12.2. The van der Waals surface area contributed by atoms with Gasteiger partial charge in [-0.3, -0.25) is 0 Å². The van der Waals surface area contributed by atoms with Crippen LogP contribution in [0.2, 0.25) is 0 Å². The van der Waals surface area contributed by atoms with Gasteiger partial charge in [0.25, 0.3) is 0 Å². The molecule has 1 saturated heterocycles. The van der Waals surface area contributed by atoms with E-state index in [-0.39, 0.29) is 36.0 Å². The maximum Gasteiger partial charge on any atom is 0.331 e. The van der Waals surface area contributed by atoms with Crippen LogP contribution in [0.25, 0.3) is 6.08 Å². The highest BCUT2D eigenvalue weighted by Crippen LogP contribution is 2.28. The molecule has 0 radical (unpaired) electrons. The Morgan fingerprint density at radius 3 is 2.26 bits per heavy atom. The van der Waals surface area contributed by atoms with Crippen LogP contribution < -0.4 is 0 Å². The van der Waals surface area contributed by atoms with Gasteiger partial charge in [-0.1, -0.05) is 12.1 Å². The van der Waals surface area contributed by atoms with Crippen molar-refractivity contribution in [1.29, 1.82) is 0 Å². The molecule has 1 fully saturated rings. The molecule has 11 nitrogen and oxygen atoms in total. The number of phenolic OH excluding ortho intramolecular Hbond substituents is 4. The Balaban J connectivity index is 1.56. The molecule has 0 aromatic heterocycles. The monoisotopic (exact) mass is 478 g/mol. The number of benzene rings is 2. The standard InChI is InChI=1S/C23H26O11/c24-11-18-22(34-19(29)6-3-12-1-4-14(25)16(27)9-12)20(30)21(31)23(33-18)32-8-7-13-2-5-15(26)17(28)10-13/h1-6,9-10,18,20-28,30-31H,7-8,11H2/b6-3+/t18-,20-,21-,22-,23-/m1/s1. The summed E-state index contributed by atoms with van der Waals surface area (Å²) in [7, 11) is 0. The molecule has 34 heavy (non-hydrogen) atoms. The number of aromatic hydroxyl groups is 4.